The van der Waals surface area contributed by atoms with Gasteiger partial charge in [-0.2, -0.15) is 0 Å². The first-order valence-electron chi connectivity index (χ1n) is 11.6. The molecule has 2 fully saturated rings. The molecule has 3 amide bonds. The number of rotatable bonds is 5. The van der Waals surface area contributed by atoms with Crippen molar-refractivity contribution in [3.63, 3.8) is 0 Å². The van der Waals surface area contributed by atoms with Gasteiger partial charge in [0.2, 0.25) is 17.7 Å². The Bertz CT molecular complexity index is 845. The van der Waals surface area contributed by atoms with Crippen molar-refractivity contribution >= 4 is 29.5 Å². The highest BCUT2D eigenvalue weighted by molar-refractivity contribution is 7.99. The van der Waals surface area contributed by atoms with Crippen molar-refractivity contribution in [2.45, 2.75) is 82.3 Å². The van der Waals surface area contributed by atoms with Gasteiger partial charge in [0.05, 0.1) is 11.4 Å². The first-order chi connectivity index (χ1) is 15.0. The molecule has 4 rings (SSSR count). The van der Waals surface area contributed by atoms with E-state index in [2.05, 4.69) is 22.8 Å². The summed E-state index contributed by atoms with van der Waals surface area (Å²) in [5.41, 5.74) is 2.50. The monoisotopic (exact) mass is 443 g/mol. The lowest BCUT2D eigenvalue weighted by atomic mass is 9.87. The van der Waals surface area contributed by atoms with E-state index < -0.39 is 12.1 Å². The number of benzene rings is 1. The van der Waals surface area contributed by atoms with E-state index in [0.717, 1.165) is 37.9 Å². The van der Waals surface area contributed by atoms with Gasteiger partial charge in [0.15, 0.2) is 0 Å². The topological polar surface area (TPSA) is 78.5 Å². The number of hydrogen-bond acceptors (Lipinski definition) is 4. The summed E-state index contributed by atoms with van der Waals surface area (Å²) in [6.45, 7) is 3.84. The zero-order valence-corrected chi connectivity index (χ0v) is 19.2. The minimum absolute atomic E-state index is 0.00661. The Morgan fingerprint density at radius 1 is 1.13 bits per heavy atom. The molecule has 1 unspecified atom stereocenters. The van der Waals surface area contributed by atoms with Crippen LogP contribution in [0.3, 0.4) is 0 Å². The van der Waals surface area contributed by atoms with Crippen LogP contribution in [0, 0.1) is 5.92 Å². The van der Waals surface area contributed by atoms with E-state index in [1.54, 1.807) is 16.7 Å². The summed E-state index contributed by atoms with van der Waals surface area (Å²) < 4.78 is 0. The van der Waals surface area contributed by atoms with Gasteiger partial charge in [-0.15, -0.1) is 11.8 Å². The van der Waals surface area contributed by atoms with Crippen molar-refractivity contribution in [3.05, 3.63) is 35.4 Å². The Morgan fingerprint density at radius 3 is 2.74 bits per heavy atom. The van der Waals surface area contributed by atoms with Gasteiger partial charge in [0.25, 0.3) is 0 Å². The molecule has 0 radical (unpaired) electrons. The molecule has 2 aliphatic heterocycles. The second kappa shape index (κ2) is 9.63. The van der Waals surface area contributed by atoms with Crippen molar-refractivity contribution in [1.29, 1.82) is 0 Å². The van der Waals surface area contributed by atoms with E-state index in [1.165, 1.54) is 11.1 Å². The molecule has 1 aliphatic carbocycles. The molecule has 0 bridgehead atoms. The zero-order chi connectivity index (χ0) is 22.0. The predicted octanol–water partition coefficient (Wildman–Crippen LogP) is 3.17. The number of thioether (sulfide) groups is 1. The summed E-state index contributed by atoms with van der Waals surface area (Å²) in [5, 5.41) is 6.22. The second-order valence-electron chi connectivity index (χ2n) is 8.98. The summed E-state index contributed by atoms with van der Waals surface area (Å²) in [6, 6.07) is 7.32. The highest BCUT2D eigenvalue weighted by Crippen LogP contribution is 2.37. The van der Waals surface area contributed by atoms with Gasteiger partial charge in [-0.1, -0.05) is 38.1 Å². The van der Waals surface area contributed by atoms with Crippen LogP contribution in [-0.4, -0.2) is 45.8 Å². The van der Waals surface area contributed by atoms with Gasteiger partial charge < -0.3 is 15.5 Å². The molecule has 2 N–H and O–H groups in total. The maximum Gasteiger partial charge on any atom is 0.246 e. The molecule has 0 saturated carbocycles. The van der Waals surface area contributed by atoms with Crippen molar-refractivity contribution in [2.75, 3.05) is 5.75 Å². The molecule has 0 aromatic heterocycles. The Labute approximate surface area is 188 Å². The molecule has 168 valence electrons. The third-order valence-corrected chi connectivity index (χ3v) is 8.29. The van der Waals surface area contributed by atoms with E-state index in [4.69, 9.17) is 0 Å². The highest BCUT2D eigenvalue weighted by Gasteiger charge is 2.45. The molecular formula is C24H33N3O3S. The standard InChI is InChI=1S/C24H33N3O3S/c1-3-15(2)22(28)26-19-13-14-31-21-12-11-20(27(21)24(19)30)23(29)25-18-10-6-8-16-7-4-5-9-17(16)18/h4-5,7,9,15,18-21H,3,6,8,10-14H2,1-2H3,(H,25,29)(H,26,28)/t15-,18-,19+,20?,21+/m1/s1. The van der Waals surface area contributed by atoms with Gasteiger partial charge in [-0.25, -0.2) is 0 Å². The van der Waals surface area contributed by atoms with Gasteiger partial charge in [-0.05, 0) is 61.8 Å². The van der Waals surface area contributed by atoms with E-state index in [-0.39, 0.29) is 35.1 Å². The quantitative estimate of drug-likeness (QED) is 0.733. The van der Waals surface area contributed by atoms with Gasteiger partial charge in [-0.3, -0.25) is 14.4 Å². The molecule has 0 spiro atoms. The molecule has 31 heavy (non-hydrogen) atoms. The van der Waals surface area contributed by atoms with E-state index >= 15 is 0 Å². The average molecular weight is 444 g/mol. The smallest absolute Gasteiger partial charge is 0.246 e. The largest absolute Gasteiger partial charge is 0.347 e. The van der Waals surface area contributed by atoms with Gasteiger partial charge in [0.1, 0.15) is 12.1 Å². The molecular weight excluding hydrogens is 410 g/mol. The fourth-order valence-corrected chi connectivity index (χ4v) is 6.28. The van der Waals surface area contributed by atoms with Gasteiger partial charge in [0, 0.05) is 5.92 Å². The summed E-state index contributed by atoms with van der Waals surface area (Å²) >= 11 is 1.73. The molecule has 2 heterocycles. The van der Waals surface area contributed by atoms with Crippen molar-refractivity contribution in [2.24, 2.45) is 5.92 Å². The summed E-state index contributed by atoms with van der Waals surface area (Å²) in [6.07, 6.45) is 5.88. The molecule has 5 atom stereocenters. The predicted molar refractivity (Wildman–Crippen MR) is 122 cm³/mol. The van der Waals surface area contributed by atoms with Crippen LogP contribution in [0.15, 0.2) is 24.3 Å². The number of nitrogens with zero attached hydrogens (tertiary/aromatic N) is 1. The number of aryl methyl sites for hydroxylation is 1. The fourth-order valence-electron chi connectivity index (χ4n) is 4.93. The van der Waals surface area contributed by atoms with Gasteiger partial charge >= 0.3 is 0 Å². The molecule has 1 aromatic rings. The molecule has 3 aliphatic rings. The van der Waals surface area contributed by atoms with Crippen LogP contribution in [0.4, 0.5) is 0 Å². The van der Waals surface area contributed by atoms with Crippen LogP contribution < -0.4 is 10.6 Å². The molecule has 2 saturated heterocycles. The lowest BCUT2D eigenvalue weighted by Crippen LogP contribution is -2.55. The molecule has 6 nitrogen and oxygen atoms in total. The van der Waals surface area contributed by atoms with E-state index in [0.29, 0.717) is 12.8 Å². The first-order valence-corrected chi connectivity index (χ1v) is 12.7. The summed E-state index contributed by atoms with van der Waals surface area (Å²) in [7, 11) is 0. The average Bonchev–Trinajstić information content (AvgIpc) is 3.15. The number of hydrogen-bond donors (Lipinski definition) is 2. The molecule has 1 aromatic carbocycles. The van der Waals surface area contributed by atoms with Crippen molar-refractivity contribution in [3.8, 4) is 0 Å². The first kappa shape index (κ1) is 22.2. The lowest BCUT2D eigenvalue weighted by Gasteiger charge is -2.32. The van der Waals surface area contributed by atoms with Crippen LogP contribution in [0.5, 0.6) is 0 Å². The third-order valence-electron chi connectivity index (χ3n) is 6.97. The lowest BCUT2D eigenvalue weighted by molar-refractivity contribution is -0.142. The maximum absolute atomic E-state index is 13.4. The van der Waals surface area contributed by atoms with Crippen molar-refractivity contribution < 1.29 is 14.4 Å². The number of nitrogens with one attached hydrogen (secondary N) is 2. The Hall–Kier alpha value is -2.02. The SMILES string of the molecule is CC[C@@H](C)C(=O)N[C@H]1CCS[C@H]2CCC(C(=O)N[C@@H]3CCCc4ccccc43)N2C1=O. The Kier molecular flexibility index (Phi) is 6.89. The summed E-state index contributed by atoms with van der Waals surface area (Å²) in [5.74, 6) is 0.440. The number of carbonyl (C=O) groups excluding carboxylic acids is 3. The maximum atomic E-state index is 13.4. The minimum atomic E-state index is -0.539. The number of carbonyl (C=O) groups is 3. The third kappa shape index (κ3) is 4.61. The van der Waals surface area contributed by atoms with Crippen LogP contribution >= 0.6 is 11.8 Å². The van der Waals surface area contributed by atoms with Crippen LogP contribution in [0.25, 0.3) is 0 Å². The van der Waals surface area contributed by atoms with Crippen LogP contribution in [0.1, 0.15) is 69.5 Å². The number of amides is 3. The second-order valence-corrected chi connectivity index (χ2v) is 10.3. The van der Waals surface area contributed by atoms with Crippen LogP contribution in [0.2, 0.25) is 0 Å². The fraction of sp³-hybridized carbons (Fsp3) is 0.625. The van der Waals surface area contributed by atoms with Crippen molar-refractivity contribution in [1.82, 2.24) is 15.5 Å². The molecule has 7 heteroatoms. The van der Waals surface area contributed by atoms with E-state index in [1.807, 2.05) is 26.0 Å². The number of fused-ring (bicyclic) bond motifs is 2. The Morgan fingerprint density at radius 2 is 1.94 bits per heavy atom. The van der Waals surface area contributed by atoms with E-state index in [9.17, 15) is 14.4 Å². The summed E-state index contributed by atoms with van der Waals surface area (Å²) in [4.78, 5) is 40.9. The highest BCUT2D eigenvalue weighted by atomic mass is 32.2. The minimum Gasteiger partial charge on any atom is -0.347 e. The Balaban J connectivity index is 1.47. The van der Waals surface area contributed by atoms with Crippen LogP contribution in [-0.2, 0) is 20.8 Å². The zero-order valence-electron chi connectivity index (χ0n) is 18.4. The normalized spacial score (nSPS) is 28.8.